The van der Waals surface area contributed by atoms with Crippen molar-refractivity contribution in [1.29, 1.82) is 0 Å². The lowest BCUT2D eigenvalue weighted by molar-refractivity contribution is -0.383. The van der Waals surface area contributed by atoms with Crippen molar-refractivity contribution in [2.24, 2.45) is 10.2 Å². The Kier molecular flexibility index (Phi) is 4.66. The molecule has 0 aliphatic heterocycles. The largest absolute Gasteiger partial charge is 0.508 e. The van der Waals surface area contributed by atoms with Gasteiger partial charge in [0.2, 0.25) is 0 Å². The van der Waals surface area contributed by atoms with Gasteiger partial charge in [-0.3, -0.25) is 10.1 Å². The number of rotatable bonds is 5. The Morgan fingerprint density at radius 2 is 1.40 bits per heavy atom. The minimum atomic E-state index is -0.428. The van der Waals surface area contributed by atoms with Crippen molar-refractivity contribution < 1.29 is 10.0 Å². The Morgan fingerprint density at radius 1 is 0.840 bits per heavy atom. The molecule has 0 amide bonds. The van der Waals surface area contributed by atoms with E-state index < -0.39 is 4.92 Å². The second-order valence-corrected chi connectivity index (χ2v) is 5.16. The molecule has 0 aromatic heterocycles. The zero-order chi connectivity index (χ0) is 17.6. The number of azo groups is 1. The molecule has 0 unspecified atom stereocenters. The predicted octanol–water partition coefficient (Wildman–Crippen LogP) is 5.46. The van der Waals surface area contributed by atoms with E-state index in [-0.39, 0.29) is 11.4 Å². The number of anilines is 2. The molecule has 0 bridgehead atoms. The number of phenolic OH excluding ortho intramolecular Hbond substituents is 1. The van der Waals surface area contributed by atoms with Crippen molar-refractivity contribution in [3.05, 3.63) is 82.9 Å². The van der Waals surface area contributed by atoms with Crippen LogP contribution in [0, 0.1) is 10.1 Å². The van der Waals surface area contributed by atoms with Crippen LogP contribution in [-0.2, 0) is 0 Å². The first-order chi connectivity index (χ1) is 12.1. The number of nitrogens with one attached hydrogen (secondary N) is 1. The second-order valence-electron chi connectivity index (χ2n) is 5.16. The van der Waals surface area contributed by atoms with E-state index in [2.05, 4.69) is 15.5 Å². The Morgan fingerprint density at radius 3 is 2.00 bits per heavy atom. The summed E-state index contributed by atoms with van der Waals surface area (Å²) in [5, 5.41) is 31.5. The Hall–Kier alpha value is -3.74. The molecule has 0 radical (unpaired) electrons. The van der Waals surface area contributed by atoms with Gasteiger partial charge in [-0.2, -0.15) is 10.2 Å². The maximum atomic E-state index is 11.0. The lowest BCUT2D eigenvalue weighted by Gasteiger charge is -2.06. The molecule has 3 aromatic carbocycles. The van der Waals surface area contributed by atoms with Gasteiger partial charge in [0.25, 0.3) is 5.69 Å². The highest BCUT2D eigenvalue weighted by Gasteiger charge is 2.11. The molecular weight excluding hydrogens is 320 g/mol. The summed E-state index contributed by atoms with van der Waals surface area (Å²) >= 11 is 0. The van der Waals surface area contributed by atoms with E-state index in [1.165, 1.54) is 18.2 Å². The first-order valence-electron chi connectivity index (χ1n) is 7.43. The fourth-order valence-electron chi connectivity index (χ4n) is 2.14. The molecule has 3 aromatic rings. The summed E-state index contributed by atoms with van der Waals surface area (Å²) in [6.45, 7) is 0. The van der Waals surface area contributed by atoms with Crippen molar-refractivity contribution in [2.45, 2.75) is 0 Å². The molecule has 3 rings (SSSR count). The summed E-state index contributed by atoms with van der Waals surface area (Å²) in [5.41, 5.74) is 2.41. The van der Waals surface area contributed by atoms with Crippen LogP contribution in [0.5, 0.6) is 5.75 Å². The number of nitro benzene ring substituents is 1. The average Bonchev–Trinajstić information content (AvgIpc) is 2.63. The number of phenols is 1. The number of para-hydroxylation sites is 2. The second kappa shape index (κ2) is 7.22. The molecule has 0 spiro atoms. The van der Waals surface area contributed by atoms with Gasteiger partial charge in [-0.1, -0.05) is 12.1 Å². The molecule has 7 heteroatoms. The van der Waals surface area contributed by atoms with Gasteiger partial charge in [-0.15, -0.1) is 0 Å². The third-order valence-electron chi connectivity index (χ3n) is 3.38. The summed E-state index contributed by atoms with van der Waals surface area (Å²) in [7, 11) is 0. The van der Waals surface area contributed by atoms with E-state index in [1.807, 2.05) is 0 Å². The third kappa shape index (κ3) is 4.17. The van der Waals surface area contributed by atoms with Gasteiger partial charge in [-0.05, 0) is 54.6 Å². The Balaban J connectivity index is 1.72. The van der Waals surface area contributed by atoms with E-state index in [9.17, 15) is 15.2 Å². The fourth-order valence-corrected chi connectivity index (χ4v) is 2.14. The van der Waals surface area contributed by atoms with Crippen LogP contribution in [0.3, 0.4) is 0 Å². The lowest BCUT2D eigenvalue weighted by atomic mass is 10.2. The quantitative estimate of drug-likeness (QED) is 0.367. The number of hydrogen-bond donors (Lipinski definition) is 2. The number of aromatic hydroxyl groups is 1. The first kappa shape index (κ1) is 16.1. The highest BCUT2D eigenvalue weighted by Crippen LogP contribution is 2.28. The van der Waals surface area contributed by atoms with Gasteiger partial charge >= 0.3 is 0 Å². The molecular formula is C18H14N4O3. The normalized spacial score (nSPS) is 10.7. The van der Waals surface area contributed by atoms with Gasteiger partial charge in [0, 0.05) is 11.8 Å². The van der Waals surface area contributed by atoms with Crippen LogP contribution >= 0.6 is 0 Å². The first-order valence-corrected chi connectivity index (χ1v) is 7.43. The van der Waals surface area contributed by atoms with Gasteiger partial charge in [0.05, 0.1) is 16.3 Å². The number of nitrogens with zero attached hydrogens (tertiary/aromatic N) is 3. The number of benzene rings is 3. The molecule has 0 saturated heterocycles. The lowest BCUT2D eigenvalue weighted by Crippen LogP contribution is -1.96. The molecule has 0 heterocycles. The number of nitro groups is 1. The van der Waals surface area contributed by atoms with E-state index in [1.54, 1.807) is 54.6 Å². The molecule has 124 valence electrons. The average molecular weight is 334 g/mol. The van der Waals surface area contributed by atoms with Crippen molar-refractivity contribution in [1.82, 2.24) is 0 Å². The summed E-state index contributed by atoms with van der Waals surface area (Å²) in [6.07, 6.45) is 0. The topological polar surface area (TPSA) is 100 Å². The molecule has 2 N–H and O–H groups in total. The summed E-state index contributed by atoms with van der Waals surface area (Å²) < 4.78 is 0. The maximum Gasteiger partial charge on any atom is 0.292 e. The molecule has 7 nitrogen and oxygen atoms in total. The van der Waals surface area contributed by atoms with Crippen LogP contribution in [0.1, 0.15) is 0 Å². The van der Waals surface area contributed by atoms with Crippen molar-refractivity contribution in [3.8, 4) is 5.75 Å². The Bertz CT molecular complexity index is 906. The van der Waals surface area contributed by atoms with Crippen molar-refractivity contribution in [2.75, 3.05) is 5.32 Å². The van der Waals surface area contributed by atoms with Gasteiger partial charge < -0.3 is 10.4 Å². The van der Waals surface area contributed by atoms with E-state index in [0.29, 0.717) is 22.7 Å². The monoisotopic (exact) mass is 334 g/mol. The minimum absolute atomic E-state index is 0.0126. The van der Waals surface area contributed by atoms with Crippen molar-refractivity contribution in [3.63, 3.8) is 0 Å². The van der Waals surface area contributed by atoms with Crippen LogP contribution in [-0.4, -0.2) is 10.0 Å². The summed E-state index contributed by atoms with van der Waals surface area (Å²) in [4.78, 5) is 10.6. The molecule has 0 aliphatic rings. The van der Waals surface area contributed by atoms with Crippen molar-refractivity contribution >= 4 is 28.4 Å². The Labute approximate surface area is 143 Å². The summed E-state index contributed by atoms with van der Waals surface area (Å²) in [6, 6.07) is 19.9. The predicted molar refractivity (Wildman–Crippen MR) is 95.1 cm³/mol. The van der Waals surface area contributed by atoms with Gasteiger partial charge in [0.1, 0.15) is 11.4 Å². The molecule has 25 heavy (non-hydrogen) atoms. The zero-order valence-electron chi connectivity index (χ0n) is 13.0. The third-order valence-corrected chi connectivity index (χ3v) is 3.38. The van der Waals surface area contributed by atoms with E-state index in [0.717, 1.165) is 0 Å². The minimum Gasteiger partial charge on any atom is -0.508 e. The smallest absolute Gasteiger partial charge is 0.292 e. The van der Waals surface area contributed by atoms with Crippen LogP contribution in [0.4, 0.5) is 28.4 Å². The van der Waals surface area contributed by atoms with E-state index in [4.69, 9.17) is 0 Å². The van der Waals surface area contributed by atoms with Crippen LogP contribution < -0.4 is 5.32 Å². The maximum absolute atomic E-state index is 11.0. The van der Waals surface area contributed by atoms with Crippen LogP contribution in [0.15, 0.2) is 83.0 Å². The molecule has 0 saturated carbocycles. The highest BCUT2D eigenvalue weighted by atomic mass is 16.6. The molecule has 0 fully saturated rings. The van der Waals surface area contributed by atoms with Gasteiger partial charge in [0.15, 0.2) is 0 Å². The fraction of sp³-hybridized carbons (Fsp3) is 0. The van der Waals surface area contributed by atoms with Crippen LogP contribution in [0.25, 0.3) is 0 Å². The summed E-state index contributed by atoms with van der Waals surface area (Å²) in [5.74, 6) is 0.171. The molecule has 0 aliphatic carbocycles. The molecule has 0 atom stereocenters. The van der Waals surface area contributed by atoms with E-state index >= 15 is 0 Å². The standard InChI is InChI=1S/C18H14N4O3/c23-16-11-9-15(10-12-16)21-20-14-7-5-13(6-8-14)19-17-3-1-2-4-18(17)22(24)25/h1-12,19,23H. The van der Waals surface area contributed by atoms with Gasteiger partial charge in [-0.25, -0.2) is 0 Å². The van der Waals surface area contributed by atoms with Crippen LogP contribution in [0.2, 0.25) is 0 Å². The SMILES string of the molecule is O=[N+]([O-])c1ccccc1Nc1ccc(N=Nc2ccc(O)cc2)cc1. The number of hydrogen-bond acceptors (Lipinski definition) is 6. The zero-order valence-corrected chi connectivity index (χ0v) is 13.0. The highest BCUT2D eigenvalue weighted by molar-refractivity contribution is 5.70.